The zero-order chi connectivity index (χ0) is 7.98. The SMILES string of the molecule is CCN(C)C(=O)NCOO. The fraction of sp³-hybridized carbons (Fsp3) is 0.800. The van der Waals surface area contributed by atoms with Crippen molar-refractivity contribution in [3.05, 3.63) is 0 Å². The van der Waals surface area contributed by atoms with Crippen LogP contribution in [0.15, 0.2) is 0 Å². The van der Waals surface area contributed by atoms with Crippen LogP contribution >= 0.6 is 0 Å². The molecule has 60 valence electrons. The molecule has 0 aromatic carbocycles. The molecule has 5 heteroatoms. The molecule has 0 saturated heterocycles. The molecule has 2 N–H and O–H groups in total. The summed E-state index contributed by atoms with van der Waals surface area (Å²) in [6, 6.07) is -0.267. The third-order valence-corrected chi connectivity index (χ3v) is 1.11. The van der Waals surface area contributed by atoms with E-state index in [1.165, 1.54) is 4.90 Å². The Labute approximate surface area is 59.5 Å². The molecular formula is C5H12N2O3. The summed E-state index contributed by atoms with van der Waals surface area (Å²) >= 11 is 0. The quantitative estimate of drug-likeness (QED) is 0.339. The highest BCUT2D eigenvalue weighted by atomic mass is 17.1. The van der Waals surface area contributed by atoms with E-state index in [0.717, 1.165) is 0 Å². The van der Waals surface area contributed by atoms with Gasteiger partial charge in [0.1, 0.15) is 0 Å². The lowest BCUT2D eigenvalue weighted by atomic mass is 10.6. The van der Waals surface area contributed by atoms with E-state index in [1.54, 1.807) is 7.05 Å². The molecule has 0 fully saturated rings. The largest absolute Gasteiger partial charge is 0.328 e. The first-order chi connectivity index (χ1) is 4.72. The van der Waals surface area contributed by atoms with Gasteiger partial charge in [0.25, 0.3) is 0 Å². The zero-order valence-corrected chi connectivity index (χ0v) is 6.13. The maximum atomic E-state index is 10.8. The number of nitrogens with one attached hydrogen (secondary N) is 1. The minimum Gasteiger partial charge on any atom is -0.328 e. The number of carbonyl (C=O) groups is 1. The summed E-state index contributed by atoms with van der Waals surface area (Å²) in [5.41, 5.74) is 0. The molecule has 0 aliphatic carbocycles. The van der Waals surface area contributed by atoms with Gasteiger partial charge in [0, 0.05) is 13.6 Å². The lowest BCUT2D eigenvalue weighted by molar-refractivity contribution is -0.245. The summed E-state index contributed by atoms with van der Waals surface area (Å²) in [6.45, 7) is 2.29. The van der Waals surface area contributed by atoms with E-state index < -0.39 is 0 Å². The summed E-state index contributed by atoms with van der Waals surface area (Å²) in [4.78, 5) is 15.9. The average molecular weight is 148 g/mol. The van der Waals surface area contributed by atoms with Gasteiger partial charge in [0.15, 0.2) is 6.73 Å². The second kappa shape index (κ2) is 5.01. The van der Waals surface area contributed by atoms with E-state index in [2.05, 4.69) is 10.2 Å². The maximum Gasteiger partial charge on any atom is 0.319 e. The van der Waals surface area contributed by atoms with Gasteiger partial charge in [-0.2, -0.15) is 0 Å². The summed E-state index contributed by atoms with van der Waals surface area (Å²) in [5.74, 6) is 0. The van der Waals surface area contributed by atoms with Crippen molar-refractivity contribution in [2.45, 2.75) is 6.92 Å². The molecule has 2 amide bonds. The Morgan fingerprint density at radius 3 is 2.80 bits per heavy atom. The Bertz CT molecular complexity index is 107. The highest BCUT2D eigenvalue weighted by Gasteiger charge is 2.02. The van der Waals surface area contributed by atoms with E-state index >= 15 is 0 Å². The number of amides is 2. The molecule has 0 saturated carbocycles. The van der Waals surface area contributed by atoms with E-state index in [1.807, 2.05) is 6.92 Å². The topological polar surface area (TPSA) is 61.8 Å². The van der Waals surface area contributed by atoms with Crippen LogP contribution in [0.1, 0.15) is 6.92 Å². The summed E-state index contributed by atoms with van der Waals surface area (Å²) in [5, 5.41) is 10.1. The molecule has 0 bridgehead atoms. The molecule has 0 spiro atoms. The van der Waals surface area contributed by atoms with Gasteiger partial charge in [-0.15, -0.1) is 0 Å². The molecular weight excluding hydrogens is 136 g/mol. The Morgan fingerprint density at radius 1 is 1.80 bits per heavy atom. The number of hydrogen-bond acceptors (Lipinski definition) is 3. The maximum absolute atomic E-state index is 10.8. The van der Waals surface area contributed by atoms with Gasteiger partial charge in [-0.1, -0.05) is 0 Å². The number of carbonyl (C=O) groups excluding carboxylic acids is 1. The second-order valence-electron chi connectivity index (χ2n) is 1.77. The predicted octanol–water partition coefficient (Wildman–Crippen LogP) is 0.0948. The Balaban J connectivity index is 3.42. The standard InChI is InChI=1S/C5H12N2O3/c1-3-7(2)5(8)6-4-10-9/h9H,3-4H2,1-2H3,(H,6,8). The first-order valence-corrected chi connectivity index (χ1v) is 2.97. The van der Waals surface area contributed by atoms with E-state index in [-0.39, 0.29) is 12.8 Å². The van der Waals surface area contributed by atoms with Gasteiger partial charge in [-0.05, 0) is 6.92 Å². The molecule has 0 rings (SSSR count). The fourth-order valence-electron chi connectivity index (χ4n) is 0.373. The van der Waals surface area contributed by atoms with Gasteiger partial charge >= 0.3 is 6.03 Å². The normalized spacial score (nSPS) is 9.10. The first-order valence-electron chi connectivity index (χ1n) is 2.97. The zero-order valence-electron chi connectivity index (χ0n) is 6.13. The van der Waals surface area contributed by atoms with E-state index in [9.17, 15) is 4.79 Å². The summed E-state index contributed by atoms with van der Waals surface area (Å²) in [7, 11) is 1.65. The minimum atomic E-state index is -0.267. The highest BCUT2D eigenvalue weighted by molar-refractivity contribution is 5.73. The van der Waals surface area contributed by atoms with Crippen LogP contribution in [0.4, 0.5) is 4.79 Å². The van der Waals surface area contributed by atoms with Crippen LogP contribution in [-0.2, 0) is 4.89 Å². The number of nitrogens with zero attached hydrogens (tertiary/aromatic N) is 1. The Kier molecular flexibility index (Phi) is 4.61. The second-order valence-corrected chi connectivity index (χ2v) is 1.77. The molecule has 10 heavy (non-hydrogen) atoms. The number of urea groups is 1. The van der Waals surface area contributed by atoms with E-state index in [4.69, 9.17) is 5.26 Å². The van der Waals surface area contributed by atoms with Gasteiger partial charge in [0.2, 0.25) is 0 Å². The van der Waals surface area contributed by atoms with Gasteiger partial charge in [-0.3, -0.25) is 0 Å². The van der Waals surface area contributed by atoms with Crippen LogP contribution < -0.4 is 5.32 Å². The molecule has 0 aromatic rings. The molecule has 0 aliphatic rings. The first kappa shape index (κ1) is 9.19. The van der Waals surface area contributed by atoms with Gasteiger partial charge < -0.3 is 10.2 Å². The smallest absolute Gasteiger partial charge is 0.319 e. The van der Waals surface area contributed by atoms with Crippen LogP contribution in [0.5, 0.6) is 0 Å². The van der Waals surface area contributed by atoms with Gasteiger partial charge in [0.05, 0.1) is 0 Å². The number of rotatable bonds is 3. The molecule has 5 nitrogen and oxygen atoms in total. The van der Waals surface area contributed by atoms with Crippen molar-refractivity contribution in [3.8, 4) is 0 Å². The van der Waals surface area contributed by atoms with Crippen molar-refractivity contribution in [2.24, 2.45) is 0 Å². The Morgan fingerprint density at radius 2 is 2.40 bits per heavy atom. The van der Waals surface area contributed by atoms with Crippen molar-refractivity contribution in [1.82, 2.24) is 10.2 Å². The van der Waals surface area contributed by atoms with Crippen molar-refractivity contribution in [2.75, 3.05) is 20.3 Å². The lowest BCUT2D eigenvalue weighted by Gasteiger charge is -2.13. The molecule has 0 heterocycles. The number of hydrogen-bond donors (Lipinski definition) is 2. The Hall–Kier alpha value is -0.810. The molecule has 0 aliphatic heterocycles. The van der Waals surface area contributed by atoms with Crippen LogP contribution in [0.3, 0.4) is 0 Å². The van der Waals surface area contributed by atoms with Crippen molar-refractivity contribution >= 4 is 6.03 Å². The van der Waals surface area contributed by atoms with Gasteiger partial charge in [-0.25, -0.2) is 14.9 Å². The van der Waals surface area contributed by atoms with Crippen molar-refractivity contribution < 1.29 is 14.9 Å². The average Bonchev–Trinajstić information content (AvgIpc) is 1.98. The molecule has 0 radical (unpaired) electrons. The van der Waals surface area contributed by atoms with E-state index in [0.29, 0.717) is 6.54 Å². The predicted molar refractivity (Wildman–Crippen MR) is 35.4 cm³/mol. The van der Waals surface area contributed by atoms with Crippen LogP contribution in [0.25, 0.3) is 0 Å². The lowest BCUT2D eigenvalue weighted by Crippen LogP contribution is -2.37. The molecule has 0 unspecified atom stereocenters. The highest BCUT2D eigenvalue weighted by Crippen LogP contribution is 1.80. The fourth-order valence-corrected chi connectivity index (χ4v) is 0.373. The monoisotopic (exact) mass is 148 g/mol. The minimum absolute atomic E-state index is 0.177. The van der Waals surface area contributed by atoms with Crippen LogP contribution in [0, 0.1) is 0 Å². The molecule has 0 atom stereocenters. The third-order valence-electron chi connectivity index (χ3n) is 1.11. The summed E-state index contributed by atoms with van der Waals surface area (Å²) < 4.78 is 0. The summed E-state index contributed by atoms with van der Waals surface area (Å²) in [6.07, 6.45) is 0. The van der Waals surface area contributed by atoms with Crippen LogP contribution in [-0.4, -0.2) is 36.5 Å². The van der Waals surface area contributed by atoms with Crippen molar-refractivity contribution in [3.63, 3.8) is 0 Å². The third kappa shape index (κ3) is 3.26. The van der Waals surface area contributed by atoms with Crippen LogP contribution in [0.2, 0.25) is 0 Å². The van der Waals surface area contributed by atoms with Crippen molar-refractivity contribution in [1.29, 1.82) is 0 Å². The molecule has 0 aromatic heterocycles.